The fourth-order valence-corrected chi connectivity index (χ4v) is 9.97. The van der Waals surface area contributed by atoms with Crippen LogP contribution in [0.15, 0.2) is 206 Å². The minimum atomic E-state index is -0.0124. The second-order valence-electron chi connectivity index (χ2n) is 21.4. The van der Waals surface area contributed by atoms with Crippen molar-refractivity contribution in [2.24, 2.45) is 0 Å². The van der Waals surface area contributed by atoms with Gasteiger partial charge in [0.15, 0.2) is 0 Å². The molecule has 1 nitrogen and oxygen atoms in total. The van der Waals surface area contributed by atoms with E-state index >= 15 is 0 Å². The van der Waals surface area contributed by atoms with E-state index in [1.54, 1.807) is 0 Å². The molecule has 0 heterocycles. The predicted molar refractivity (Wildman–Crippen MR) is 291 cm³/mol. The lowest BCUT2D eigenvalue weighted by Crippen LogP contribution is -2.16. The first-order valence-electron chi connectivity index (χ1n) is 23.9. The largest absolute Gasteiger partial charge is 0.309 e. The molecular weight excluding hydrogens is 807 g/mol. The second-order valence-corrected chi connectivity index (χ2v) is 21.4. The summed E-state index contributed by atoms with van der Waals surface area (Å²) >= 11 is 0. The minimum absolute atomic E-state index is 0.0124. The Kier molecular flexibility index (Phi) is 11.0. The molecule has 0 aromatic heterocycles. The molecule has 330 valence electrons. The SMILES string of the molecule is CC(C)(C)c1ccc(-c2ccccc2N(c2ccccc2-c2cccc3c2ccc2ccccc23)c2ccccc2-c2cccc3cccc(-c4cc(C(C)(C)C)cc(C(C)(C)C)c4)c23)cc1. The molecule has 0 N–H and O–H groups in total. The molecule has 0 aliphatic carbocycles. The fourth-order valence-electron chi connectivity index (χ4n) is 9.97. The number of rotatable bonds is 7. The van der Waals surface area contributed by atoms with Crippen molar-refractivity contribution in [1.82, 2.24) is 0 Å². The summed E-state index contributed by atoms with van der Waals surface area (Å²) in [6, 6.07) is 77.3. The van der Waals surface area contributed by atoms with E-state index in [0.29, 0.717) is 0 Å². The Bertz CT molecular complexity index is 3420. The summed E-state index contributed by atoms with van der Waals surface area (Å²) in [4.78, 5) is 2.54. The van der Waals surface area contributed by atoms with Crippen LogP contribution in [0.3, 0.4) is 0 Å². The van der Waals surface area contributed by atoms with Crippen molar-refractivity contribution >= 4 is 49.4 Å². The number of anilines is 3. The van der Waals surface area contributed by atoms with Crippen molar-refractivity contribution < 1.29 is 0 Å². The van der Waals surface area contributed by atoms with E-state index in [4.69, 9.17) is 0 Å². The third-order valence-corrected chi connectivity index (χ3v) is 13.7. The zero-order valence-electron chi connectivity index (χ0n) is 40.6. The summed E-state index contributed by atoms with van der Waals surface area (Å²) < 4.78 is 0. The lowest BCUT2D eigenvalue weighted by Gasteiger charge is -2.32. The maximum absolute atomic E-state index is 2.54. The van der Waals surface area contributed by atoms with Crippen molar-refractivity contribution in [1.29, 1.82) is 0 Å². The molecule has 0 atom stereocenters. The average molecular weight is 868 g/mol. The molecule has 10 aromatic carbocycles. The maximum Gasteiger partial charge on any atom is 0.0540 e. The van der Waals surface area contributed by atoms with E-state index in [2.05, 4.69) is 273 Å². The van der Waals surface area contributed by atoms with Gasteiger partial charge in [0.05, 0.1) is 17.1 Å². The summed E-state index contributed by atoms with van der Waals surface area (Å²) in [5.74, 6) is 0. The average Bonchev–Trinajstić information content (AvgIpc) is 3.33. The number of para-hydroxylation sites is 3. The summed E-state index contributed by atoms with van der Waals surface area (Å²) in [6.45, 7) is 20.8. The van der Waals surface area contributed by atoms with Crippen molar-refractivity contribution in [2.75, 3.05) is 4.90 Å². The number of hydrogen-bond donors (Lipinski definition) is 0. The zero-order valence-corrected chi connectivity index (χ0v) is 40.6. The summed E-state index contributed by atoms with van der Waals surface area (Å²) in [6.07, 6.45) is 0. The van der Waals surface area contributed by atoms with Gasteiger partial charge in [0, 0.05) is 16.7 Å². The van der Waals surface area contributed by atoms with Gasteiger partial charge in [0.2, 0.25) is 0 Å². The summed E-state index contributed by atoms with van der Waals surface area (Å²) in [5, 5.41) is 7.47. The highest BCUT2D eigenvalue weighted by Gasteiger charge is 2.26. The van der Waals surface area contributed by atoms with Gasteiger partial charge in [-0.2, -0.15) is 0 Å². The van der Waals surface area contributed by atoms with Crippen LogP contribution in [-0.2, 0) is 16.2 Å². The number of fused-ring (bicyclic) bond motifs is 4. The minimum Gasteiger partial charge on any atom is -0.309 e. The molecule has 0 unspecified atom stereocenters. The van der Waals surface area contributed by atoms with Crippen molar-refractivity contribution in [3.63, 3.8) is 0 Å². The Balaban J connectivity index is 1.26. The van der Waals surface area contributed by atoms with Crippen LogP contribution in [0, 0.1) is 0 Å². The third kappa shape index (κ3) is 8.23. The van der Waals surface area contributed by atoms with Gasteiger partial charge in [0.25, 0.3) is 0 Å². The molecular formula is C66H61N. The van der Waals surface area contributed by atoms with E-state index in [9.17, 15) is 0 Å². The molecule has 10 rings (SSSR count). The lowest BCUT2D eigenvalue weighted by atomic mass is 9.78. The molecule has 0 aliphatic rings. The van der Waals surface area contributed by atoms with Gasteiger partial charge in [-0.25, -0.2) is 0 Å². The van der Waals surface area contributed by atoms with Gasteiger partial charge in [-0.15, -0.1) is 0 Å². The van der Waals surface area contributed by atoms with E-state index < -0.39 is 0 Å². The predicted octanol–water partition coefficient (Wildman–Crippen LogP) is 19.2. The van der Waals surface area contributed by atoms with Crippen LogP contribution in [0.1, 0.15) is 79.0 Å². The highest BCUT2D eigenvalue weighted by Crippen LogP contribution is 2.50. The van der Waals surface area contributed by atoms with Gasteiger partial charge in [0.1, 0.15) is 0 Å². The van der Waals surface area contributed by atoms with Crippen molar-refractivity contribution in [3.8, 4) is 44.5 Å². The molecule has 0 amide bonds. The molecule has 0 radical (unpaired) electrons. The van der Waals surface area contributed by atoms with Crippen molar-refractivity contribution in [3.05, 3.63) is 223 Å². The highest BCUT2D eigenvalue weighted by atomic mass is 15.1. The normalized spacial score (nSPS) is 12.3. The van der Waals surface area contributed by atoms with E-state index in [0.717, 1.165) is 17.1 Å². The first-order chi connectivity index (χ1) is 32.1. The highest BCUT2D eigenvalue weighted by molar-refractivity contribution is 6.14. The molecule has 1 heteroatoms. The smallest absolute Gasteiger partial charge is 0.0540 e. The van der Waals surface area contributed by atoms with Crippen LogP contribution < -0.4 is 4.90 Å². The van der Waals surface area contributed by atoms with Crippen LogP contribution in [0.5, 0.6) is 0 Å². The van der Waals surface area contributed by atoms with Gasteiger partial charge in [-0.1, -0.05) is 250 Å². The van der Waals surface area contributed by atoms with E-state index in [1.165, 1.54) is 93.5 Å². The summed E-state index contributed by atoms with van der Waals surface area (Å²) in [5.41, 5.74) is 17.0. The summed E-state index contributed by atoms with van der Waals surface area (Å²) in [7, 11) is 0. The van der Waals surface area contributed by atoms with Gasteiger partial charge >= 0.3 is 0 Å². The molecule has 0 fully saturated rings. The quantitative estimate of drug-likeness (QED) is 0.144. The Morgan fingerprint density at radius 3 is 1.33 bits per heavy atom. The fraction of sp³-hybridized carbons (Fsp3) is 0.182. The number of nitrogens with zero attached hydrogens (tertiary/aromatic N) is 1. The molecule has 10 aromatic rings. The Morgan fingerprint density at radius 2 is 0.716 bits per heavy atom. The second kappa shape index (κ2) is 16.9. The third-order valence-electron chi connectivity index (χ3n) is 13.7. The molecule has 0 bridgehead atoms. The monoisotopic (exact) mass is 867 g/mol. The molecule has 0 saturated carbocycles. The first-order valence-corrected chi connectivity index (χ1v) is 23.9. The van der Waals surface area contributed by atoms with E-state index in [1.807, 2.05) is 0 Å². The zero-order chi connectivity index (χ0) is 46.7. The van der Waals surface area contributed by atoms with Crippen LogP contribution >= 0.6 is 0 Å². The lowest BCUT2D eigenvalue weighted by molar-refractivity contribution is 0.569. The number of benzene rings is 10. The van der Waals surface area contributed by atoms with Gasteiger partial charge in [-0.05, 0) is 111 Å². The molecule has 0 aliphatic heterocycles. The topological polar surface area (TPSA) is 3.24 Å². The standard InChI is InChI=1S/C66H61N/c1-64(2,3)48-38-35-45(36-39-48)52-25-12-15-32-60(52)67(61-33-16-13-26-57(61)55-30-20-29-54-51-24-11-10-21-44(51)37-40-56(54)55)62-34-17-14-27-58(62)59-31-19-23-46-22-18-28-53(63(46)59)47-41-49(65(4,5)6)43-50(42-47)66(7,8)9/h10-43H,1-9H3. The maximum atomic E-state index is 2.54. The molecule has 67 heavy (non-hydrogen) atoms. The Labute approximate surface area is 398 Å². The van der Waals surface area contributed by atoms with Crippen LogP contribution in [0.4, 0.5) is 17.1 Å². The van der Waals surface area contributed by atoms with Crippen LogP contribution in [0.25, 0.3) is 76.8 Å². The van der Waals surface area contributed by atoms with Crippen LogP contribution in [0.2, 0.25) is 0 Å². The first kappa shape index (κ1) is 43.7. The molecule has 0 saturated heterocycles. The Morgan fingerprint density at radius 1 is 0.269 bits per heavy atom. The van der Waals surface area contributed by atoms with Crippen LogP contribution in [-0.4, -0.2) is 0 Å². The molecule has 0 spiro atoms. The van der Waals surface area contributed by atoms with E-state index in [-0.39, 0.29) is 16.2 Å². The number of hydrogen-bond acceptors (Lipinski definition) is 1. The van der Waals surface area contributed by atoms with Gasteiger partial charge < -0.3 is 4.90 Å². The van der Waals surface area contributed by atoms with Crippen molar-refractivity contribution in [2.45, 2.75) is 78.6 Å². The van der Waals surface area contributed by atoms with Gasteiger partial charge in [-0.3, -0.25) is 0 Å². The Hall–Kier alpha value is -7.22.